The van der Waals surface area contributed by atoms with Crippen LogP contribution in [0.3, 0.4) is 0 Å². The molecule has 0 unspecified atom stereocenters. The molecule has 1 saturated carbocycles. The van der Waals surface area contributed by atoms with Crippen molar-refractivity contribution in [2.75, 3.05) is 7.11 Å². The molecule has 1 aromatic carbocycles. The van der Waals surface area contributed by atoms with Gasteiger partial charge in [-0.2, -0.15) is 0 Å². The Morgan fingerprint density at radius 3 is 2.33 bits per heavy atom. The molecule has 1 aromatic rings. The molecule has 0 radical (unpaired) electrons. The molecule has 98 valence electrons. The van der Waals surface area contributed by atoms with E-state index in [4.69, 9.17) is 4.74 Å². The first-order valence-electron chi connectivity index (χ1n) is 6.88. The molecule has 2 nitrogen and oxygen atoms in total. The highest BCUT2D eigenvalue weighted by Gasteiger charge is 2.23. The van der Waals surface area contributed by atoms with Gasteiger partial charge in [0.25, 0.3) is 0 Å². The van der Waals surface area contributed by atoms with Crippen LogP contribution in [0, 0.1) is 11.8 Å². The number of hydrogen-bond donors (Lipinski definition) is 0. The molecule has 2 heteroatoms. The van der Waals surface area contributed by atoms with Gasteiger partial charge in [-0.3, -0.25) is 4.79 Å². The van der Waals surface area contributed by atoms with E-state index in [0.717, 1.165) is 5.92 Å². The van der Waals surface area contributed by atoms with E-state index in [1.165, 1.54) is 44.8 Å². The lowest BCUT2D eigenvalue weighted by atomic mass is 9.78. The molecule has 0 bridgehead atoms. The van der Waals surface area contributed by atoms with Gasteiger partial charge in [-0.05, 0) is 49.5 Å². The number of hydrogen-bond acceptors (Lipinski definition) is 2. The standard InChI is InChI=1S/C16H22O2/c1-18-16(17)12-15-9-7-14(8-10-15)11-13-5-3-2-4-6-13/h2-6,14-15H,7-12H2,1H3. The Balaban J connectivity index is 1.75. The van der Waals surface area contributed by atoms with Crippen molar-refractivity contribution in [3.63, 3.8) is 0 Å². The summed E-state index contributed by atoms with van der Waals surface area (Å²) < 4.78 is 4.74. The summed E-state index contributed by atoms with van der Waals surface area (Å²) in [4.78, 5) is 11.2. The molecular weight excluding hydrogens is 224 g/mol. The number of carbonyl (C=O) groups excluding carboxylic acids is 1. The van der Waals surface area contributed by atoms with Gasteiger partial charge >= 0.3 is 5.97 Å². The molecule has 0 aromatic heterocycles. The third kappa shape index (κ3) is 3.86. The van der Waals surface area contributed by atoms with Crippen molar-refractivity contribution in [2.45, 2.75) is 38.5 Å². The largest absolute Gasteiger partial charge is 0.469 e. The van der Waals surface area contributed by atoms with Gasteiger partial charge < -0.3 is 4.74 Å². The molecule has 0 N–H and O–H groups in total. The van der Waals surface area contributed by atoms with Crippen molar-refractivity contribution >= 4 is 5.97 Å². The van der Waals surface area contributed by atoms with Crippen molar-refractivity contribution in [3.05, 3.63) is 35.9 Å². The molecule has 0 amide bonds. The molecule has 0 aliphatic heterocycles. The zero-order valence-corrected chi connectivity index (χ0v) is 11.1. The SMILES string of the molecule is COC(=O)CC1CCC(Cc2ccccc2)CC1. The molecule has 0 heterocycles. The Morgan fingerprint density at radius 1 is 1.11 bits per heavy atom. The molecule has 18 heavy (non-hydrogen) atoms. The third-order valence-corrected chi connectivity index (χ3v) is 4.02. The number of rotatable bonds is 4. The molecule has 0 saturated heterocycles. The lowest BCUT2D eigenvalue weighted by Gasteiger charge is -2.27. The minimum Gasteiger partial charge on any atom is -0.469 e. The van der Waals surface area contributed by atoms with Crippen LogP contribution in [-0.2, 0) is 16.0 Å². The summed E-state index contributed by atoms with van der Waals surface area (Å²) in [5, 5.41) is 0. The predicted octanol–water partition coefficient (Wildman–Crippen LogP) is 3.60. The van der Waals surface area contributed by atoms with E-state index in [0.29, 0.717) is 12.3 Å². The Labute approximate surface area is 109 Å². The van der Waals surface area contributed by atoms with Gasteiger partial charge in [-0.25, -0.2) is 0 Å². The molecule has 0 atom stereocenters. The van der Waals surface area contributed by atoms with Gasteiger partial charge in [0.1, 0.15) is 0 Å². The molecule has 0 spiro atoms. The second-order valence-corrected chi connectivity index (χ2v) is 5.36. The molecule has 1 fully saturated rings. The second kappa shape index (κ2) is 6.58. The maximum atomic E-state index is 11.2. The normalized spacial score (nSPS) is 23.6. The van der Waals surface area contributed by atoms with Crippen LogP contribution in [0.2, 0.25) is 0 Å². The topological polar surface area (TPSA) is 26.3 Å². The van der Waals surface area contributed by atoms with Crippen LogP contribution in [0.4, 0.5) is 0 Å². The fourth-order valence-corrected chi connectivity index (χ4v) is 2.91. The van der Waals surface area contributed by atoms with E-state index in [1.54, 1.807) is 0 Å². The lowest BCUT2D eigenvalue weighted by Crippen LogP contribution is -2.19. The maximum Gasteiger partial charge on any atom is 0.305 e. The number of methoxy groups -OCH3 is 1. The van der Waals surface area contributed by atoms with E-state index in [9.17, 15) is 4.79 Å². The van der Waals surface area contributed by atoms with Gasteiger partial charge in [-0.1, -0.05) is 30.3 Å². The highest BCUT2D eigenvalue weighted by molar-refractivity contribution is 5.69. The second-order valence-electron chi connectivity index (χ2n) is 5.36. The molecule has 1 aliphatic carbocycles. The van der Waals surface area contributed by atoms with Crippen LogP contribution in [0.1, 0.15) is 37.7 Å². The zero-order valence-electron chi connectivity index (χ0n) is 11.1. The first-order valence-corrected chi connectivity index (χ1v) is 6.88. The quantitative estimate of drug-likeness (QED) is 0.759. The zero-order chi connectivity index (χ0) is 12.8. The fourth-order valence-electron chi connectivity index (χ4n) is 2.91. The summed E-state index contributed by atoms with van der Waals surface area (Å²) in [7, 11) is 1.48. The average Bonchev–Trinajstić information content (AvgIpc) is 2.42. The third-order valence-electron chi connectivity index (χ3n) is 4.02. The minimum absolute atomic E-state index is 0.0542. The van der Waals surface area contributed by atoms with E-state index in [-0.39, 0.29) is 5.97 Å². The van der Waals surface area contributed by atoms with E-state index >= 15 is 0 Å². The fraction of sp³-hybridized carbons (Fsp3) is 0.562. The van der Waals surface area contributed by atoms with Gasteiger partial charge in [0.15, 0.2) is 0 Å². The van der Waals surface area contributed by atoms with Crippen LogP contribution >= 0.6 is 0 Å². The van der Waals surface area contributed by atoms with E-state index in [2.05, 4.69) is 30.3 Å². The van der Waals surface area contributed by atoms with Gasteiger partial charge in [0, 0.05) is 6.42 Å². The van der Waals surface area contributed by atoms with Crippen LogP contribution in [0.5, 0.6) is 0 Å². The lowest BCUT2D eigenvalue weighted by molar-refractivity contribution is -0.142. The Bertz CT molecular complexity index is 364. The van der Waals surface area contributed by atoms with Crippen LogP contribution in [0.15, 0.2) is 30.3 Å². The first-order chi connectivity index (χ1) is 8.78. The smallest absolute Gasteiger partial charge is 0.305 e. The summed E-state index contributed by atoms with van der Waals surface area (Å²) in [5.41, 5.74) is 1.44. The van der Waals surface area contributed by atoms with Gasteiger partial charge in [-0.15, -0.1) is 0 Å². The average molecular weight is 246 g/mol. The Kier molecular flexibility index (Phi) is 4.80. The number of benzene rings is 1. The minimum atomic E-state index is -0.0542. The Hall–Kier alpha value is -1.31. The van der Waals surface area contributed by atoms with Crippen molar-refractivity contribution < 1.29 is 9.53 Å². The molecule has 2 rings (SSSR count). The van der Waals surface area contributed by atoms with Crippen molar-refractivity contribution in [2.24, 2.45) is 11.8 Å². The van der Waals surface area contributed by atoms with Crippen LogP contribution in [-0.4, -0.2) is 13.1 Å². The first kappa shape index (κ1) is 13.1. The van der Waals surface area contributed by atoms with Crippen molar-refractivity contribution in [1.82, 2.24) is 0 Å². The molecular formula is C16H22O2. The predicted molar refractivity (Wildman–Crippen MR) is 72.2 cm³/mol. The van der Waals surface area contributed by atoms with E-state index < -0.39 is 0 Å². The summed E-state index contributed by atoms with van der Waals surface area (Å²) in [6, 6.07) is 10.7. The number of ether oxygens (including phenoxy) is 1. The summed E-state index contributed by atoms with van der Waals surface area (Å²) in [6.07, 6.45) is 6.63. The van der Waals surface area contributed by atoms with Crippen LogP contribution < -0.4 is 0 Å². The van der Waals surface area contributed by atoms with Gasteiger partial charge in [0.05, 0.1) is 7.11 Å². The van der Waals surface area contributed by atoms with Crippen LogP contribution in [0.25, 0.3) is 0 Å². The van der Waals surface area contributed by atoms with Crippen molar-refractivity contribution in [3.8, 4) is 0 Å². The highest BCUT2D eigenvalue weighted by Crippen LogP contribution is 2.32. The summed E-state index contributed by atoms with van der Waals surface area (Å²) in [6.45, 7) is 0. The van der Waals surface area contributed by atoms with Crippen molar-refractivity contribution in [1.29, 1.82) is 0 Å². The highest BCUT2D eigenvalue weighted by atomic mass is 16.5. The van der Waals surface area contributed by atoms with E-state index in [1.807, 2.05) is 0 Å². The number of carbonyl (C=O) groups is 1. The summed E-state index contributed by atoms with van der Waals surface area (Å²) in [5.74, 6) is 1.28. The monoisotopic (exact) mass is 246 g/mol. The Morgan fingerprint density at radius 2 is 1.72 bits per heavy atom. The maximum absolute atomic E-state index is 11.2. The van der Waals surface area contributed by atoms with Gasteiger partial charge in [0.2, 0.25) is 0 Å². The summed E-state index contributed by atoms with van der Waals surface area (Å²) >= 11 is 0. The number of esters is 1. The molecule has 1 aliphatic rings.